The van der Waals surface area contributed by atoms with E-state index in [1.807, 2.05) is 12.4 Å². The standard InChI is InChI=1S/C17H27N3/c1-4-11-18-16(14(5-2)6-3)12-20-13-19-15-9-7-8-10-17(15)20/h7-10,13-14,16,18H,4-6,11-12H2,1-3H3. The molecule has 0 aliphatic rings. The summed E-state index contributed by atoms with van der Waals surface area (Å²) in [5.74, 6) is 0.725. The van der Waals surface area contributed by atoms with Gasteiger partial charge in [0.05, 0.1) is 17.4 Å². The average molecular weight is 273 g/mol. The third-order valence-corrected chi connectivity index (χ3v) is 4.20. The number of imidazole rings is 1. The summed E-state index contributed by atoms with van der Waals surface area (Å²) in [7, 11) is 0. The van der Waals surface area contributed by atoms with Gasteiger partial charge in [-0.3, -0.25) is 0 Å². The number of hydrogen-bond donors (Lipinski definition) is 1. The van der Waals surface area contributed by atoms with Crippen molar-refractivity contribution in [1.82, 2.24) is 14.9 Å². The molecule has 3 heteroatoms. The van der Waals surface area contributed by atoms with Crippen LogP contribution in [0.4, 0.5) is 0 Å². The number of aromatic nitrogens is 2. The lowest BCUT2D eigenvalue weighted by molar-refractivity contribution is 0.304. The molecule has 0 radical (unpaired) electrons. The lowest BCUT2D eigenvalue weighted by atomic mass is 9.94. The topological polar surface area (TPSA) is 29.9 Å². The van der Waals surface area contributed by atoms with Crippen LogP contribution in [0.15, 0.2) is 30.6 Å². The van der Waals surface area contributed by atoms with Crippen molar-refractivity contribution in [3.63, 3.8) is 0 Å². The van der Waals surface area contributed by atoms with Crippen LogP contribution in [0.25, 0.3) is 11.0 Å². The van der Waals surface area contributed by atoms with E-state index in [0.29, 0.717) is 6.04 Å². The second-order valence-corrected chi connectivity index (χ2v) is 5.52. The quantitative estimate of drug-likeness (QED) is 0.792. The minimum Gasteiger partial charge on any atom is -0.329 e. The highest BCUT2D eigenvalue weighted by Crippen LogP contribution is 2.18. The molecule has 1 aromatic carbocycles. The normalized spacial score (nSPS) is 13.2. The monoisotopic (exact) mass is 273 g/mol. The molecule has 0 amide bonds. The molecule has 0 saturated heterocycles. The van der Waals surface area contributed by atoms with Crippen molar-refractivity contribution in [2.45, 2.75) is 52.6 Å². The molecule has 2 rings (SSSR count). The lowest BCUT2D eigenvalue weighted by Gasteiger charge is -2.27. The van der Waals surface area contributed by atoms with Gasteiger partial charge in [-0.05, 0) is 31.0 Å². The van der Waals surface area contributed by atoms with Crippen molar-refractivity contribution in [3.8, 4) is 0 Å². The van der Waals surface area contributed by atoms with Crippen molar-refractivity contribution in [1.29, 1.82) is 0 Å². The number of para-hydroxylation sites is 2. The van der Waals surface area contributed by atoms with Gasteiger partial charge in [0.2, 0.25) is 0 Å². The molecule has 20 heavy (non-hydrogen) atoms. The molecule has 1 unspecified atom stereocenters. The SMILES string of the molecule is CCCNC(Cn1cnc2ccccc21)C(CC)CC. The van der Waals surface area contributed by atoms with Crippen molar-refractivity contribution in [3.05, 3.63) is 30.6 Å². The molecular weight excluding hydrogens is 246 g/mol. The van der Waals surface area contributed by atoms with Crippen LogP contribution < -0.4 is 5.32 Å². The summed E-state index contributed by atoms with van der Waals surface area (Å²) in [6.45, 7) is 8.91. The van der Waals surface area contributed by atoms with Gasteiger partial charge in [0.25, 0.3) is 0 Å². The van der Waals surface area contributed by atoms with Crippen LogP contribution in [-0.2, 0) is 6.54 Å². The van der Waals surface area contributed by atoms with E-state index in [4.69, 9.17) is 0 Å². The molecule has 1 heterocycles. The zero-order chi connectivity index (χ0) is 14.4. The molecule has 0 fully saturated rings. The van der Waals surface area contributed by atoms with Crippen LogP contribution in [-0.4, -0.2) is 22.1 Å². The number of hydrogen-bond acceptors (Lipinski definition) is 2. The molecule has 110 valence electrons. The van der Waals surface area contributed by atoms with E-state index in [1.165, 1.54) is 24.8 Å². The first kappa shape index (κ1) is 15.0. The second kappa shape index (κ2) is 7.44. The van der Waals surface area contributed by atoms with Crippen molar-refractivity contribution >= 4 is 11.0 Å². The van der Waals surface area contributed by atoms with E-state index in [0.717, 1.165) is 24.5 Å². The third kappa shape index (κ3) is 3.40. The van der Waals surface area contributed by atoms with Crippen molar-refractivity contribution < 1.29 is 0 Å². The molecule has 0 spiro atoms. The van der Waals surface area contributed by atoms with Crippen LogP contribution in [0, 0.1) is 5.92 Å². The third-order valence-electron chi connectivity index (χ3n) is 4.20. The van der Waals surface area contributed by atoms with E-state index in [9.17, 15) is 0 Å². The molecule has 1 atom stereocenters. The first-order valence-corrected chi connectivity index (χ1v) is 7.93. The van der Waals surface area contributed by atoms with Gasteiger partial charge in [0.1, 0.15) is 0 Å². The van der Waals surface area contributed by atoms with Gasteiger partial charge in [0, 0.05) is 12.6 Å². The van der Waals surface area contributed by atoms with E-state index in [2.05, 4.69) is 53.8 Å². The Kier molecular flexibility index (Phi) is 5.60. The number of nitrogens with one attached hydrogen (secondary N) is 1. The van der Waals surface area contributed by atoms with E-state index in [1.54, 1.807) is 0 Å². The first-order valence-electron chi connectivity index (χ1n) is 7.93. The highest BCUT2D eigenvalue weighted by molar-refractivity contribution is 5.74. The minimum atomic E-state index is 0.530. The van der Waals surface area contributed by atoms with Gasteiger partial charge in [-0.25, -0.2) is 4.98 Å². The fraction of sp³-hybridized carbons (Fsp3) is 0.588. The smallest absolute Gasteiger partial charge is 0.0958 e. The van der Waals surface area contributed by atoms with E-state index in [-0.39, 0.29) is 0 Å². The van der Waals surface area contributed by atoms with Crippen LogP contribution in [0.3, 0.4) is 0 Å². The lowest BCUT2D eigenvalue weighted by Crippen LogP contribution is -2.39. The van der Waals surface area contributed by atoms with Crippen molar-refractivity contribution in [2.24, 2.45) is 5.92 Å². The Labute approximate surface area is 122 Å². The van der Waals surface area contributed by atoms with Crippen LogP contribution in [0.1, 0.15) is 40.0 Å². The molecule has 3 nitrogen and oxygen atoms in total. The largest absolute Gasteiger partial charge is 0.329 e. The molecular formula is C17H27N3. The van der Waals surface area contributed by atoms with Crippen LogP contribution in [0.5, 0.6) is 0 Å². The zero-order valence-electron chi connectivity index (χ0n) is 13.0. The summed E-state index contributed by atoms with van der Waals surface area (Å²) in [6, 6.07) is 8.91. The fourth-order valence-corrected chi connectivity index (χ4v) is 2.94. The number of fused-ring (bicyclic) bond motifs is 1. The highest BCUT2D eigenvalue weighted by atomic mass is 15.1. The summed E-state index contributed by atoms with van der Waals surface area (Å²) in [5.41, 5.74) is 2.33. The molecule has 1 N–H and O–H groups in total. The van der Waals surface area contributed by atoms with Gasteiger partial charge in [-0.2, -0.15) is 0 Å². The number of benzene rings is 1. The van der Waals surface area contributed by atoms with E-state index >= 15 is 0 Å². The maximum Gasteiger partial charge on any atom is 0.0958 e. The Morgan fingerprint density at radius 3 is 2.60 bits per heavy atom. The highest BCUT2D eigenvalue weighted by Gasteiger charge is 2.18. The second-order valence-electron chi connectivity index (χ2n) is 5.52. The predicted molar refractivity (Wildman–Crippen MR) is 85.9 cm³/mol. The summed E-state index contributed by atoms with van der Waals surface area (Å²) in [5, 5.41) is 3.73. The van der Waals surface area contributed by atoms with Gasteiger partial charge < -0.3 is 9.88 Å². The maximum atomic E-state index is 4.50. The van der Waals surface area contributed by atoms with Gasteiger partial charge in [-0.15, -0.1) is 0 Å². The minimum absolute atomic E-state index is 0.530. The summed E-state index contributed by atoms with van der Waals surface area (Å²) in [4.78, 5) is 4.50. The number of nitrogens with zero attached hydrogens (tertiary/aromatic N) is 2. The zero-order valence-corrected chi connectivity index (χ0v) is 13.0. The molecule has 0 bridgehead atoms. The van der Waals surface area contributed by atoms with Gasteiger partial charge >= 0.3 is 0 Å². The predicted octanol–water partition coefficient (Wildman–Crippen LogP) is 3.84. The summed E-state index contributed by atoms with van der Waals surface area (Å²) in [6.07, 6.45) is 5.62. The van der Waals surface area contributed by atoms with Crippen molar-refractivity contribution in [2.75, 3.05) is 6.54 Å². The van der Waals surface area contributed by atoms with Crippen LogP contribution in [0.2, 0.25) is 0 Å². The summed E-state index contributed by atoms with van der Waals surface area (Å²) >= 11 is 0. The van der Waals surface area contributed by atoms with E-state index < -0.39 is 0 Å². The van der Waals surface area contributed by atoms with Crippen LogP contribution >= 0.6 is 0 Å². The van der Waals surface area contributed by atoms with Gasteiger partial charge in [0.15, 0.2) is 0 Å². The Morgan fingerprint density at radius 2 is 1.90 bits per heavy atom. The maximum absolute atomic E-state index is 4.50. The Balaban J connectivity index is 2.17. The molecule has 0 saturated carbocycles. The number of rotatable bonds is 8. The Bertz CT molecular complexity index is 514. The fourth-order valence-electron chi connectivity index (χ4n) is 2.94. The first-order chi connectivity index (χ1) is 9.80. The Hall–Kier alpha value is -1.35. The Morgan fingerprint density at radius 1 is 1.15 bits per heavy atom. The molecule has 1 aromatic heterocycles. The van der Waals surface area contributed by atoms with Gasteiger partial charge in [-0.1, -0.05) is 45.7 Å². The molecule has 0 aliphatic carbocycles. The average Bonchev–Trinajstić information content (AvgIpc) is 2.89. The molecule has 0 aliphatic heterocycles. The molecule has 2 aromatic rings. The summed E-state index contributed by atoms with van der Waals surface area (Å²) < 4.78 is 2.29.